The number of hydrogen-bond donors (Lipinski definition) is 2. The molecule has 2 atom stereocenters. The fraction of sp³-hybridized carbons (Fsp3) is 0.727. The molecule has 1 aromatic rings. The summed E-state index contributed by atoms with van der Waals surface area (Å²) in [6.45, 7) is 2.49. The lowest BCUT2D eigenvalue weighted by Gasteiger charge is -2.25. The lowest BCUT2D eigenvalue weighted by Crippen LogP contribution is -2.46. The summed E-state index contributed by atoms with van der Waals surface area (Å²) in [6, 6.07) is -0.168. The second kappa shape index (κ2) is 4.64. The van der Waals surface area contributed by atoms with Gasteiger partial charge in [0.25, 0.3) is 0 Å². The third-order valence-corrected chi connectivity index (χ3v) is 5.31. The average molecular weight is 272 g/mol. The van der Waals surface area contributed by atoms with Gasteiger partial charge in [-0.25, -0.2) is 8.42 Å². The first-order chi connectivity index (χ1) is 8.30. The quantitative estimate of drug-likeness (QED) is 0.777. The highest BCUT2D eigenvalue weighted by atomic mass is 32.2. The molecule has 7 heteroatoms. The van der Waals surface area contributed by atoms with Crippen LogP contribution in [0.4, 0.5) is 0 Å². The van der Waals surface area contributed by atoms with Crippen LogP contribution in [0.25, 0.3) is 0 Å². The molecule has 3 N–H and O–H groups in total. The first kappa shape index (κ1) is 13.5. The fourth-order valence-corrected chi connectivity index (χ4v) is 4.38. The fourth-order valence-electron chi connectivity index (χ4n) is 2.26. The van der Waals surface area contributed by atoms with Crippen LogP contribution in [-0.2, 0) is 16.9 Å². The minimum absolute atomic E-state index is 0.168. The Hall–Kier alpha value is -0.920. The molecule has 2 heterocycles. The second-order valence-corrected chi connectivity index (χ2v) is 7.52. The molecule has 0 spiro atoms. The number of aromatic nitrogens is 2. The Labute approximate surface area is 107 Å². The SMILES string of the molecule is Cn1cc(C(N)CNC2(C)CCS(=O)(=O)C2)cn1. The number of rotatable bonds is 4. The third-order valence-electron chi connectivity index (χ3n) is 3.41. The van der Waals surface area contributed by atoms with Crippen molar-refractivity contribution in [2.45, 2.75) is 24.9 Å². The van der Waals surface area contributed by atoms with Gasteiger partial charge in [0.2, 0.25) is 0 Å². The van der Waals surface area contributed by atoms with E-state index in [1.807, 2.05) is 20.2 Å². The van der Waals surface area contributed by atoms with Crippen molar-refractivity contribution in [3.8, 4) is 0 Å². The summed E-state index contributed by atoms with van der Waals surface area (Å²) in [5.41, 5.74) is 6.65. The predicted octanol–water partition coefficient (Wildman–Crippen LogP) is -0.413. The van der Waals surface area contributed by atoms with Gasteiger partial charge >= 0.3 is 0 Å². The van der Waals surface area contributed by atoms with Crippen molar-refractivity contribution in [1.82, 2.24) is 15.1 Å². The Bertz CT molecular complexity index is 525. The summed E-state index contributed by atoms with van der Waals surface area (Å²) >= 11 is 0. The number of sulfone groups is 1. The number of hydrogen-bond acceptors (Lipinski definition) is 5. The molecule has 0 aliphatic carbocycles. The van der Waals surface area contributed by atoms with Crippen LogP contribution in [0.2, 0.25) is 0 Å². The van der Waals surface area contributed by atoms with Crippen LogP contribution < -0.4 is 11.1 Å². The average Bonchev–Trinajstić information content (AvgIpc) is 2.80. The van der Waals surface area contributed by atoms with E-state index in [0.29, 0.717) is 13.0 Å². The van der Waals surface area contributed by atoms with Gasteiger partial charge in [0.15, 0.2) is 9.84 Å². The van der Waals surface area contributed by atoms with E-state index < -0.39 is 9.84 Å². The minimum atomic E-state index is -2.88. The lowest BCUT2D eigenvalue weighted by atomic mass is 10.0. The summed E-state index contributed by atoms with van der Waals surface area (Å²) in [7, 11) is -1.04. The molecule has 0 bridgehead atoms. The van der Waals surface area contributed by atoms with E-state index in [-0.39, 0.29) is 23.1 Å². The summed E-state index contributed by atoms with van der Waals surface area (Å²) < 4.78 is 24.7. The number of aryl methyl sites for hydroxylation is 1. The number of nitrogens with zero attached hydrogens (tertiary/aromatic N) is 2. The molecule has 2 rings (SSSR count). The molecule has 0 amide bonds. The van der Waals surface area contributed by atoms with Crippen LogP contribution in [-0.4, -0.2) is 41.8 Å². The molecule has 0 saturated carbocycles. The van der Waals surface area contributed by atoms with Crippen LogP contribution in [0.15, 0.2) is 12.4 Å². The second-order valence-electron chi connectivity index (χ2n) is 5.34. The van der Waals surface area contributed by atoms with Crippen molar-refractivity contribution in [3.63, 3.8) is 0 Å². The van der Waals surface area contributed by atoms with Crippen molar-refractivity contribution >= 4 is 9.84 Å². The third kappa shape index (κ3) is 3.09. The van der Waals surface area contributed by atoms with Crippen LogP contribution in [0.1, 0.15) is 24.9 Å². The molecule has 1 saturated heterocycles. The number of nitrogens with one attached hydrogen (secondary N) is 1. The molecule has 6 nitrogen and oxygen atoms in total. The molecular weight excluding hydrogens is 252 g/mol. The largest absolute Gasteiger partial charge is 0.323 e. The molecule has 0 aromatic carbocycles. The predicted molar refractivity (Wildman–Crippen MR) is 69.8 cm³/mol. The Morgan fingerprint density at radius 1 is 1.67 bits per heavy atom. The molecule has 102 valence electrons. The first-order valence-corrected chi connectivity index (χ1v) is 7.81. The van der Waals surface area contributed by atoms with Gasteiger partial charge in [0, 0.05) is 36.9 Å². The molecule has 0 radical (unpaired) electrons. The zero-order valence-corrected chi connectivity index (χ0v) is 11.6. The van der Waals surface area contributed by atoms with Gasteiger partial charge in [-0.05, 0) is 13.3 Å². The maximum Gasteiger partial charge on any atom is 0.152 e. The van der Waals surface area contributed by atoms with E-state index in [9.17, 15) is 8.42 Å². The van der Waals surface area contributed by atoms with Crippen LogP contribution >= 0.6 is 0 Å². The Balaban J connectivity index is 1.92. The molecular formula is C11H20N4O2S. The van der Waals surface area contributed by atoms with Gasteiger partial charge in [-0.2, -0.15) is 5.10 Å². The van der Waals surface area contributed by atoms with Crippen LogP contribution in [0.3, 0.4) is 0 Å². The topological polar surface area (TPSA) is 90.0 Å². The standard InChI is InChI=1S/C11H20N4O2S/c1-11(3-4-18(16,17)8-11)13-6-10(12)9-5-14-15(2)7-9/h5,7,10,13H,3-4,6,8,12H2,1-2H3. The van der Waals surface area contributed by atoms with E-state index in [1.165, 1.54) is 0 Å². The summed E-state index contributed by atoms with van der Waals surface area (Å²) in [5, 5.41) is 7.35. The Kier molecular flexibility index (Phi) is 3.48. The van der Waals surface area contributed by atoms with Gasteiger partial charge in [-0.1, -0.05) is 0 Å². The Morgan fingerprint density at radius 3 is 2.89 bits per heavy atom. The molecule has 1 fully saturated rings. The molecule has 1 aliphatic heterocycles. The lowest BCUT2D eigenvalue weighted by molar-refractivity contribution is 0.383. The van der Waals surface area contributed by atoms with Crippen LogP contribution in [0.5, 0.6) is 0 Å². The van der Waals surface area contributed by atoms with Gasteiger partial charge in [-0.3, -0.25) is 4.68 Å². The van der Waals surface area contributed by atoms with Gasteiger partial charge in [-0.15, -0.1) is 0 Å². The Morgan fingerprint density at radius 2 is 2.39 bits per heavy atom. The number of nitrogens with two attached hydrogens (primary N) is 1. The molecule has 1 aliphatic rings. The maximum absolute atomic E-state index is 11.5. The maximum atomic E-state index is 11.5. The van der Waals surface area contributed by atoms with Crippen LogP contribution in [0, 0.1) is 0 Å². The van der Waals surface area contributed by atoms with E-state index >= 15 is 0 Å². The first-order valence-electron chi connectivity index (χ1n) is 5.99. The van der Waals surface area contributed by atoms with Crippen molar-refractivity contribution in [1.29, 1.82) is 0 Å². The summed E-state index contributed by atoms with van der Waals surface area (Å²) in [4.78, 5) is 0. The van der Waals surface area contributed by atoms with Gasteiger partial charge in [0.1, 0.15) is 0 Å². The monoisotopic (exact) mass is 272 g/mol. The van der Waals surface area contributed by atoms with E-state index in [0.717, 1.165) is 5.56 Å². The van der Waals surface area contributed by atoms with Crippen molar-refractivity contribution in [2.24, 2.45) is 12.8 Å². The van der Waals surface area contributed by atoms with Gasteiger partial charge < -0.3 is 11.1 Å². The van der Waals surface area contributed by atoms with E-state index in [1.54, 1.807) is 10.9 Å². The zero-order valence-electron chi connectivity index (χ0n) is 10.8. The van der Waals surface area contributed by atoms with Crippen molar-refractivity contribution in [3.05, 3.63) is 18.0 Å². The summed E-state index contributed by atoms with van der Waals surface area (Å²) in [6.07, 6.45) is 4.26. The van der Waals surface area contributed by atoms with Gasteiger partial charge in [0.05, 0.1) is 17.7 Å². The molecule has 2 unspecified atom stereocenters. The molecule has 18 heavy (non-hydrogen) atoms. The minimum Gasteiger partial charge on any atom is -0.323 e. The zero-order chi connectivity index (χ0) is 13.4. The van der Waals surface area contributed by atoms with Crippen molar-refractivity contribution < 1.29 is 8.42 Å². The normalized spacial score (nSPS) is 28.4. The van der Waals surface area contributed by atoms with E-state index in [2.05, 4.69) is 10.4 Å². The highest BCUT2D eigenvalue weighted by Crippen LogP contribution is 2.23. The molecule has 1 aromatic heterocycles. The van der Waals surface area contributed by atoms with Crippen molar-refractivity contribution in [2.75, 3.05) is 18.1 Å². The smallest absolute Gasteiger partial charge is 0.152 e. The summed E-state index contributed by atoms with van der Waals surface area (Å²) in [5.74, 6) is 0.457. The highest BCUT2D eigenvalue weighted by Gasteiger charge is 2.38. The highest BCUT2D eigenvalue weighted by molar-refractivity contribution is 7.91. The van der Waals surface area contributed by atoms with E-state index in [4.69, 9.17) is 5.73 Å².